The minimum atomic E-state index is 0.236. The number of benzene rings is 1. The first-order chi connectivity index (χ1) is 9.13. The number of nitrogens with two attached hydrogens (primary N) is 1. The minimum Gasteiger partial charge on any atom is -0.330 e. The fraction of sp³-hybridized carbons (Fsp3) is 0.562. The molecule has 1 aliphatic rings. The lowest BCUT2D eigenvalue weighted by molar-refractivity contribution is -0.119. The van der Waals surface area contributed by atoms with Crippen LogP contribution >= 0.6 is 0 Å². The van der Waals surface area contributed by atoms with Crippen molar-refractivity contribution in [1.82, 2.24) is 0 Å². The first kappa shape index (κ1) is 14.1. The van der Waals surface area contributed by atoms with E-state index in [0.29, 0.717) is 24.9 Å². The largest absolute Gasteiger partial charge is 0.330 e. The number of rotatable bonds is 4. The van der Waals surface area contributed by atoms with Gasteiger partial charge in [0.05, 0.1) is 0 Å². The van der Waals surface area contributed by atoms with Gasteiger partial charge in [0.1, 0.15) is 0 Å². The lowest BCUT2D eigenvalue weighted by Crippen LogP contribution is -2.42. The van der Waals surface area contributed by atoms with Crippen LogP contribution in [0.4, 0.5) is 5.69 Å². The summed E-state index contributed by atoms with van der Waals surface area (Å²) in [6.07, 6.45) is 3.59. The molecule has 1 aliphatic heterocycles. The Balaban J connectivity index is 2.12. The van der Waals surface area contributed by atoms with Gasteiger partial charge in [0.25, 0.3) is 0 Å². The summed E-state index contributed by atoms with van der Waals surface area (Å²) in [5.74, 6) is 0.652. The van der Waals surface area contributed by atoms with Gasteiger partial charge in [-0.15, -0.1) is 0 Å². The first-order valence-electron chi connectivity index (χ1n) is 7.23. The standard InChI is InChI=1S/C16H24N2O/c1-12(11-17)7-10-16(19)18-13(2)8-9-14-5-3-4-6-15(14)18/h3-6,12-13H,7-11,17H2,1-2H3. The van der Waals surface area contributed by atoms with Crippen molar-refractivity contribution in [3.8, 4) is 0 Å². The van der Waals surface area contributed by atoms with Crippen LogP contribution in [-0.4, -0.2) is 18.5 Å². The first-order valence-corrected chi connectivity index (χ1v) is 7.23. The average molecular weight is 260 g/mol. The summed E-state index contributed by atoms with van der Waals surface area (Å²) in [6, 6.07) is 8.56. The predicted octanol–water partition coefficient (Wildman–Crippen LogP) is 2.73. The molecule has 0 radical (unpaired) electrons. The van der Waals surface area contributed by atoms with Crippen LogP contribution in [0.2, 0.25) is 0 Å². The Morgan fingerprint density at radius 1 is 1.47 bits per heavy atom. The van der Waals surface area contributed by atoms with Crippen molar-refractivity contribution in [3.05, 3.63) is 29.8 Å². The van der Waals surface area contributed by atoms with E-state index in [4.69, 9.17) is 5.73 Å². The molecule has 0 saturated heterocycles. The van der Waals surface area contributed by atoms with E-state index in [0.717, 1.165) is 24.9 Å². The molecule has 0 bridgehead atoms. The smallest absolute Gasteiger partial charge is 0.227 e. The highest BCUT2D eigenvalue weighted by atomic mass is 16.2. The summed E-state index contributed by atoms with van der Waals surface area (Å²) < 4.78 is 0. The van der Waals surface area contributed by atoms with Crippen LogP contribution in [0, 0.1) is 5.92 Å². The highest BCUT2D eigenvalue weighted by molar-refractivity contribution is 5.95. The van der Waals surface area contributed by atoms with Crippen molar-refractivity contribution in [2.75, 3.05) is 11.4 Å². The van der Waals surface area contributed by atoms with Crippen molar-refractivity contribution in [2.45, 2.75) is 45.6 Å². The molecule has 3 nitrogen and oxygen atoms in total. The molecule has 0 spiro atoms. The van der Waals surface area contributed by atoms with E-state index in [2.05, 4.69) is 26.0 Å². The molecule has 0 fully saturated rings. The minimum absolute atomic E-state index is 0.236. The van der Waals surface area contributed by atoms with Gasteiger partial charge >= 0.3 is 0 Å². The van der Waals surface area contributed by atoms with Crippen molar-refractivity contribution in [2.24, 2.45) is 11.7 Å². The summed E-state index contributed by atoms with van der Waals surface area (Å²) in [6.45, 7) is 4.89. The zero-order valence-corrected chi connectivity index (χ0v) is 11.9. The molecule has 3 heteroatoms. The van der Waals surface area contributed by atoms with Gasteiger partial charge in [0, 0.05) is 18.2 Å². The molecule has 0 aromatic heterocycles. The van der Waals surface area contributed by atoms with E-state index < -0.39 is 0 Å². The Morgan fingerprint density at radius 3 is 2.95 bits per heavy atom. The SMILES string of the molecule is CC(CN)CCC(=O)N1c2ccccc2CCC1C. The summed E-state index contributed by atoms with van der Waals surface area (Å²) >= 11 is 0. The number of fused-ring (bicyclic) bond motifs is 1. The topological polar surface area (TPSA) is 46.3 Å². The fourth-order valence-electron chi connectivity index (χ4n) is 2.68. The van der Waals surface area contributed by atoms with Crippen LogP contribution in [0.5, 0.6) is 0 Å². The Bertz CT molecular complexity index is 444. The maximum absolute atomic E-state index is 12.5. The molecule has 0 aliphatic carbocycles. The van der Waals surface area contributed by atoms with E-state index in [1.165, 1.54) is 5.56 Å². The van der Waals surface area contributed by atoms with Gasteiger partial charge in [-0.2, -0.15) is 0 Å². The highest BCUT2D eigenvalue weighted by Gasteiger charge is 2.27. The van der Waals surface area contributed by atoms with E-state index >= 15 is 0 Å². The van der Waals surface area contributed by atoms with Gasteiger partial charge in [-0.05, 0) is 50.3 Å². The average Bonchev–Trinajstić information content (AvgIpc) is 2.44. The third-order valence-corrected chi connectivity index (χ3v) is 4.05. The monoisotopic (exact) mass is 260 g/mol. The highest BCUT2D eigenvalue weighted by Crippen LogP contribution is 2.31. The lowest BCUT2D eigenvalue weighted by Gasteiger charge is -2.35. The lowest BCUT2D eigenvalue weighted by atomic mass is 9.95. The molecular formula is C16H24N2O. The van der Waals surface area contributed by atoms with Gasteiger partial charge in [0.2, 0.25) is 5.91 Å². The van der Waals surface area contributed by atoms with Crippen LogP contribution in [0.25, 0.3) is 0 Å². The van der Waals surface area contributed by atoms with Crippen LogP contribution in [0.3, 0.4) is 0 Å². The van der Waals surface area contributed by atoms with Crippen LogP contribution in [0.1, 0.15) is 38.7 Å². The number of carbonyl (C=O) groups is 1. The van der Waals surface area contributed by atoms with Gasteiger partial charge in [-0.1, -0.05) is 25.1 Å². The van der Waals surface area contributed by atoms with Crippen molar-refractivity contribution in [1.29, 1.82) is 0 Å². The molecule has 1 aromatic carbocycles. The number of nitrogens with zero attached hydrogens (tertiary/aromatic N) is 1. The van der Waals surface area contributed by atoms with E-state index in [1.807, 2.05) is 17.0 Å². The molecular weight excluding hydrogens is 236 g/mol. The molecule has 0 saturated carbocycles. The second-order valence-corrected chi connectivity index (χ2v) is 5.66. The Morgan fingerprint density at radius 2 is 2.21 bits per heavy atom. The number of anilines is 1. The number of carbonyl (C=O) groups excluding carboxylic acids is 1. The zero-order chi connectivity index (χ0) is 13.8. The molecule has 1 aromatic rings. The predicted molar refractivity (Wildman–Crippen MR) is 79.2 cm³/mol. The van der Waals surface area contributed by atoms with Crippen molar-refractivity contribution in [3.63, 3.8) is 0 Å². The fourth-order valence-corrected chi connectivity index (χ4v) is 2.68. The Labute approximate surface area is 115 Å². The quantitative estimate of drug-likeness (QED) is 0.904. The normalized spacial score (nSPS) is 19.9. The van der Waals surface area contributed by atoms with E-state index in [9.17, 15) is 4.79 Å². The van der Waals surface area contributed by atoms with Gasteiger partial charge in [-0.25, -0.2) is 0 Å². The molecule has 1 amide bonds. The Hall–Kier alpha value is -1.35. The van der Waals surface area contributed by atoms with Crippen molar-refractivity contribution < 1.29 is 4.79 Å². The second-order valence-electron chi connectivity index (χ2n) is 5.66. The molecule has 2 unspecified atom stereocenters. The number of aryl methyl sites for hydroxylation is 1. The second kappa shape index (κ2) is 6.20. The van der Waals surface area contributed by atoms with E-state index in [-0.39, 0.29) is 5.91 Å². The third-order valence-electron chi connectivity index (χ3n) is 4.05. The maximum atomic E-state index is 12.5. The van der Waals surface area contributed by atoms with Gasteiger partial charge < -0.3 is 10.6 Å². The number of para-hydroxylation sites is 1. The van der Waals surface area contributed by atoms with Crippen LogP contribution < -0.4 is 10.6 Å². The number of hydrogen-bond acceptors (Lipinski definition) is 2. The van der Waals surface area contributed by atoms with Crippen LogP contribution in [0.15, 0.2) is 24.3 Å². The summed E-state index contributed by atoms with van der Waals surface area (Å²) in [7, 11) is 0. The third kappa shape index (κ3) is 3.16. The van der Waals surface area contributed by atoms with E-state index in [1.54, 1.807) is 0 Å². The summed E-state index contributed by atoms with van der Waals surface area (Å²) in [4.78, 5) is 14.5. The number of amides is 1. The molecule has 1 heterocycles. The Kier molecular flexibility index (Phi) is 4.59. The van der Waals surface area contributed by atoms with Gasteiger partial charge in [-0.3, -0.25) is 4.79 Å². The number of hydrogen-bond donors (Lipinski definition) is 1. The van der Waals surface area contributed by atoms with Crippen molar-refractivity contribution >= 4 is 11.6 Å². The molecule has 2 atom stereocenters. The molecule has 19 heavy (non-hydrogen) atoms. The maximum Gasteiger partial charge on any atom is 0.227 e. The van der Waals surface area contributed by atoms with Crippen LogP contribution in [-0.2, 0) is 11.2 Å². The molecule has 104 valence electrons. The van der Waals surface area contributed by atoms with Gasteiger partial charge in [0.15, 0.2) is 0 Å². The molecule has 2 rings (SSSR count). The summed E-state index contributed by atoms with van der Waals surface area (Å²) in [5, 5.41) is 0. The molecule has 2 N–H and O–H groups in total. The summed E-state index contributed by atoms with van der Waals surface area (Å²) in [5.41, 5.74) is 8.01. The zero-order valence-electron chi connectivity index (χ0n) is 11.9.